The molecule has 6 nitrogen and oxygen atoms in total. The van der Waals surface area contributed by atoms with Gasteiger partial charge in [0.1, 0.15) is 5.82 Å². The summed E-state index contributed by atoms with van der Waals surface area (Å²) in [5, 5.41) is 9.74. The molecule has 0 saturated carbocycles. The van der Waals surface area contributed by atoms with E-state index in [-0.39, 0.29) is 0 Å². The number of aliphatic hydroxyl groups is 1. The number of piperazine rings is 1. The number of pyridine rings is 1. The van der Waals surface area contributed by atoms with Crippen molar-refractivity contribution in [2.45, 2.75) is 13.0 Å². The molecule has 0 amide bonds. The molecule has 1 fully saturated rings. The summed E-state index contributed by atoms with van der Waals surface area (Å²) in [6.45, 7) is 3.78. The zero-order valence-electron chi connectivity index (χ0n) is 11.2. The Morgan fingerprint density at radius 3 is 2.47 bits per heavy atom. The topological polar surface area (TPSA) is 73.7 Å². The lowest BCUT2D eigenvalue weighted by Crippen LogP contribution is -2.48. The van der Waals surface area contributed by atoms with Gasteiger partial charge in [-0.1, -0.05) is 6.07 Å². The fraction of sp³-hybridized carbons (Fsp3) is 0.583. The number of anilines is 1. The zero-order valence-corrected chi connectivity index (χ0v) is 12.0. The number of hydrogen-bond donors (Lipinski definition) is 1. The van der Waals surface area contributed by atoms with Crippen molar-refractivity contribution in [1.82, 2.24) is 9.29 Å². The van der Waals surface area contributed by atoms with Crippen LogP contribution in [-0.4, -0.2) is 55.2 Å². The van der Waals surface area contributed by atoms with Crippen molar-refractivity contribution in [1.29, 1.82) is 0 Å². The molecule has 0 spiro atoms. The van der Waals surface area contributed by atoms with E-state index in [9.17, 15) is 13.5 Å². The maximum atomic E-state index is 11.5. The molecule has 1 aliphatic heterocycles. The minimum absolute atomic E-state index is 0.453. The van der Waals surface area contributed by atoms with Gasteiger partial charge in [-0.3, -0.25) is 0 Å². The third-order valence-electron chi connectivity index (χ3n) is 3.27. The van der Waals surface area contributed by atoms with Crippen molar-refractivity contribution >= 4 is 15.8 Å². The molecule has 1 atom stereocenters. The van der Waals surface area contributed by atoms with Gasteiger partial charge in [-0.05, 0) is 13.0 Å². The Morgan fingerprint density at radius 1 is 1.32 bits per heavy atom. The molecule has 7 heteroatoms. The number of aromatic nitrogens is 1. The highest BCUT2D eigenvalue weighted by Gasteiger charge is 2.25. The fourth-order valence-electron chi connectivity index (χ4n) is 2.23. The van der Waals surface area contributed by atoms with Crippen molar-refractivity contribution in [2.75, 3.05) is 37.3 Å². The largest absolute Gasteiger partial charge is 0.389 e. The van der Waals surface area contributed by atoms with Crippen LogP contribution in [0.5, 0.6) is 0 Å². The van der Waals surface area contributed by atoms with Crippen LogP contribution in [0.25, 0.3) is 0 Å². The van der Waals surface area contributed by atoms with E-state index in [1.165, 1.54) is 10.6 Å². The molecule has 0 aromatic carbocycles. The van der Waals surface area contributed by atoms with Crippen LogP contribution >= 0.6 is 0 Å². The molecule has 0 aliphatic carbocycles. The van der Waals surface area contributed by atoms with Gasteiger partial charge in [0, 0.05) is 37.9 Å². The van der Waals surface area contributed by atoms with E-state index in [2.05, 4.69) is 4.98 Å². The Bertz CT molecular complexity index is 537. The monoisotopic (exact) mass is 285 g/mol. The highest BCUT2D eigenvalue weighted by atomic mass is 32.2. The first-order valence-corrected chi connectivity index (χ1v) is 8.07. The molecule has 1 saturated heterocycles. The second-order valence-corrected chi connectivity index (χ2v) is 6.72. The standard InChI is InChI=1S/C12H19N3O3S/c1-10(16)11-4-3-5-13-12(11)14-6-8-15(9-7-14)19(2,17)18/h3-5,10,16H,6-9H2,1-2H3/t10-/m1/s1. The van der Waals surface area contributed by atoms with Gasteiger partial charge in [0.25, 0.3) is 0 Å². The van der Waals surface area contributed by atoms with Crippen molar-refractivity contribution in [3.05, 3.63) is 23.9 Å². The first kappa shape index (κ1) is 14.2. The van der Waals surface area contributed by atoms with Crippen LogP contribution in [0.2, 0.25) is 0 Å². The first-order chi connectivity index (χ1) is 8.89. The molecule has 0 unspecified atom stereocenters. The average Bonchev–Trinajstić information content (AvgIpc) is 2.38. The Kier molecular flexibility index (Phi) is 4.07. The van der Waals surface area contributed by atoms with Crippen LogP contribution < -0.4 is 4.90 Å². The van der Waals surface area contributed by atoms with Crippen LogP contribution in [0.1, 0.15) is 18.6 Å². The summed E-state index contributed by atoms with van der Waals surface area (Å²) in [5.74, 6) is 0.741. The number of hydrogen-bond acceptors (Lipinski definition) is 5. The second kappa shape index (κ2) is 5.44. The Hall–Kier alpha value is -1.18. The molecular formula is C12H19N3O3S. The molecule has 106 valence electrons. The number of sulfonamides is 1. The van der Waals surface area contributed by atoms with Gasteiger partial charge in [-0.2, -0.15) is 4.31 Å². The predicted octanol–water partition coefficient (Wildman–Crippen LogP) is 0.216. The molecule has 1 aromatic rings. The van der Waals surface area contributed by atoms with Gasteiger partial charge in [-0.15, -0.1) is 0 Å². The molecule has 2 heterocycles. The van der Waals surface area contributed by atoms with Crippen LogP contribution in [0.15, 0.2) is 18.3 Å². The van der Waals surface area contributed by atoms with Crippen molar-refractivity contribution < 1.29 is 13.5 Å². The molecule has 2 rings (SSSR count). The van der Waals surface area contributed by atoms with E-state index in [1.807, 2.05) is 11.0 Å². The fourth-order valence-corrected chi connectivity index (χ4v) is 3.06. The van der Waals surface area contributed by atoms with Crippen molar-refractivity contribution in [2.24, 2.45) is 0 Å². The van der Waals surface area contributed by atoms with E-state index >= 15 is 0 Å². The van der Waals surface area contributed by atoms with Crippen molar-refractivity contribution in [3.63, 3.8) is 0 Å². The van der Waals surface area contributed by atoms with E-state index in [4.69, 9.17) is 0 Å². The summed E-state index contributed by atoms with van der Waals surface area (Å²) in [5.41, 5.74) is 0.773. The van der Waals surface area contributed by atoms with Gasteiger partial charge in [-0.25, -0.2) is 13.4 Å². The van der Waals surface area contributed by atoms with Crippen LogP contribution in [-0.2, 0) is 10.0 Å². The Labute approximate surface area is 113 Å². The Morgan fingerprint density at radius 2 is 1.95 bits per heavy atom. The predicted molar refractivity (Wildman–Crippen MR) is 73.5 cm³/mol. The van der Waals surface area contributed by atoms with Gasteiger partial charge >= 0.3 is 0 Å². The summed E-state index contributed by atoms with van der Waals surface area (Å²) in [4.78, 5) is 6.33. The third-order valence-corrected chi connectivity index (χ3v) is 4.58. The second-order valence-electron chi connectivity index (χ2n) is 4.74. The Balaban J connectivity index is 2.14. The molecule has 1 aromatic heterocycles. The maximum Gasteiger partial charge on any atom is 0.211 e. The normalized spacial score (nSPS) is 19.4. The lowest BCUT2D eigenvalue weighted by atomic mass is 10.1. The summed E-state index contributed by atoms with van der Waals surface area (Å²) >= 11 is 0. The van der Waals surface area contributed by atoms with Crippen LogP contribution in [0, 0.1) is 0 Å². The van der Waals surface area contributed by atoms with Crippen LogP contribution in [0.4, 0.5) is 5.82 Å². The molecule has 19 heavy (non-hydrogen) atoms. The van der Waals surface area contributed by atoms with Gasteiger partial charge < -0.3 is 10.0 Å². The summed E-state index contributed by atoms with van der Waals surface area (Å²) in [7, 11) is -3.12. The molecular weight excluding hydrogens is 266 g/mol. The number of rotatable bonds is 3. The quantitative estimate of drug-likeness (QED) is 0.860. The minimum Gasteiger partial charge on any atom is -0.389 e. The molecule has 0 bridgehead atoms. The lowest BCUT2D eigenvalue weighted by molar-refractivity contribution is 0.199. The van der Waals surface area contributed by atoms with Gasteiger partial charge in [0.15, 0.2) is 0 Å². The van der Waals surface area contributed by atoms with E-state index < -0.39 is 16.1 Å². The van der Waals surface area contributed by atoms with E-state index in [1.54, 1.807) is 19.2 Å². The maximum absolute atomic E-state index is 11.5. The van der Waals surface area contributed by atoms with Crippen LogP contribution in [0.3, 0.4) is 0 Å². The highest BCUT2D eigenvalue weighted by Crippen LogP contribution is 2.24. The SMILES string of the molecule is C[C@@H](O)c1cccnc1N1CCN(S(C)(=O)=O)CC1. The van der Waals surface area contributed by atoms with Crippen molar-refractivity contribution in [3.8, 4) is 0 Å². The zero-order chi connectivity index (χ0) is 14.0. The highest BCUT2D eigenvalue weighted by molar-refractivity contribution is 7.88. The van der Waals surface area contributed by atoms with E-state index in [0.29, 0.717) is 26.2 Å². The molecule has 1 aliphatic rings. The van der Waals surface area contributed by atoms with E-state index in [0.717, 1.165) is 11.4 Å². The first-order valence-electron chi connectivity index (χ1n) is 6.22. The molecule has 1 N–H and O–H groups in total. The lowest BCUT2D eigenvalue weighted by Gasteiger charge is -2.35. The number of nitrogens with zero attached hydrogens (tertiary/aromatic N) is 3. The summed E-state index contributed by atoms with van der Waals surface area (Å²) < 4.78 is 24.4. The number of aliphatic hydroxyl groups excluding tert-OH is 1. The van der Waals surface area contributed by atoms with Gasteiger partial charge in [0.2, 0.25) is 10.0 Å². The molecule has 0 radical (unpaired) electrons. The third kappa shape index (κ3) is 3.23. The summed E-state index contributed by atoms with van der Waals surface area (Å²) in [6.07, 6.45) is 2.33. The smallest absolute Gasteiger partial charge is 0.211 e. The average molecular weight is 285 g/mol. The summed E-state index contributed by atoms with van der Waals surface area (Å²) in [6, 6.07) is 3.63. The van der Waals surface area contributed by atoms with Gasteiger partial charge in [0.05, 0.1) is 12.4 Å². The minimum atomic E-state index is -3.12.